The summed E-state index contributed by atoms with van der Waals surface area (Å²) in [7, 11) is 1.80. The van der Waals surface area contributed by atoms with E-state index in [-0.39, 0.29) is 12.4 Å². The van der Waals surface area contributed by atoms with Crippen LogP contribution in [-0.2, 0) is 0 Å². The van der Waals surface area contributed by atoms with Crippen LogP contribution in [0.1, 0.15) is 0 Å². The maximum atomic E-state index is 6.48. The Kier molecular flexibility index (Phi) is 4.08. The predicted molar refractivity (Wildman–Crippen MR) is 58.3 cm³/mol. The topological polar surface area (TPSA) is 95.8 Å². The monoisotopic (exact) mass is 207 g/mol. The molecule has 6 nitrogen and oxygen atoms in total. The van der Waals surface area contributed by atoms with Crippen molar-refractivity contribution in [1.82, 2.24) is 0 Å². The maximum Gasteiger partial charge on any atom is 0.162 e. The minimum absolute atomic E-state index is 0.112. The summed E-state index contributed by atoms with van der Waals surface area (Å²) in [6, 6.07) is 7.46. The van der Waals surface area contributed by atoms with Crippen molar-refractivity contribution in [2.24, 2.45) is 16.1 Å². The van der Waals surface area contributed by atoms with Crippen LogP contribution < -0.4 is 15.8 Å². The Morgan fingerprint density at radius 2 is 2.27 bits per heavy atom. The van der Waals surface area contributed by atoms with Crippen molar-refractivity contribution in [3.05, 3.63) is 24.3 Å². The van der Waals surface area contributed by atoms with Gasteiger partial charge in [-0.25, -0.2) is 0 Å². The summed E-state index contributed by atoms with van der Waals surface area (Å²) in [5, 5.41) is 9.13. The van der Waals surface area contributed by atoms with Gasteiger partial charge in [-0.3, -0.25) is 0 Å². The molecule has 1 aromatic carbocycles. The first kappa shape index (κ1) is 11.0. The van der Waals surface area contributed by atoms with Crippen LogP contribution in [0.15, 0.2) is 34.6 Å². The molecule has 80 valence electrons. The average molecular weight is 207 g/mol. The molecule has 6 heteroatoms. The Labute approximate surface area is 87.6 Å². The molecule has 0 amide bonds. The third-order valence-electron chi connectivity index (χ3n) is 1.71. The first-order valence-electron chi connectivity index (χ1n) is 4.36. The predicted octanol–water partition coefficient (Wildman–Crippen LogP) is 1.41. The first-order chi connectivity index (χ1) is 7.27. The lowest BCUT2D eigenvalue weighted by Gasteiger charge is -2.09. The molecule has 0 aliphatic heterocycles. The van der Waals surface area contributed by atoms with Crippen molar-refractivity contribution in [2.75, 3.05) is 19.0 Å². The van der Waals surface area contributed by atoms with E-state index >= 15 is 0 Å². The van der Waals surface area contributed by atoms with Crippen molar-refractivity contribution in [3.8, 4) is 5.75 Å². The van der Waals surface area contributed by atoms with Gasteiger partial charge in [-0.1, -0.05) is 17.4 Å². The number of hydrogen-bond acceptors (Lipinski definition) is 4. The van der Waals surface area contributed by atoms with Crippen LogP contribution in [-0.4, -0.2) is 19.5 Å². The van der Waals surface area contributed by atoms with Crippen LogP contribution >= 0.6 is 0 Å². The molecular weight excluding hydrogens is 194 g/mol. The van der Waals surface area contributed by atoms with E-state index in [1.807, 2.05) is 24.3 Å². The fourth-order valence-corrected chi connectivity index (χ4v) is 1.04. The van der Waals surface area contributed by atoms with Gasteiger partial charge in [0, 0.05) is 7.05 Å². The van der Waals surface area contributed by atoms with Gasteiger partial charge < -0.3 is 15.8 Å². The van der Waals surface area contributed by atoms with Crippen LogP contribution in [0.2, 0.25) is 0 Å². The standard InChI is InChI=1S/C9H13N5O/c1-12-7-4-2-3-5-8(7)15-6-9(10)13-14-11/h2-5,12H,6H2,1H3,(H3,10,11,13). The van der Waals surface area contributed by atoms with Crippen molar-refractivity contribution in [2.45, 2.75) is 0 Å². The van der Waals surface area contributed by atoms with Crippen LogP contribution in [0.5, 0.6) is 5.75 Å². The fourth-order valence-electron chi connectivity index (χ4n) is 1.04. The minimum atomic E-state index is 0.112. The summed E-state index contributed by atoms with van der Waals surface area (Å²) in [6.45, 7) is 0.112. The van der Waals surface area contributed by atoms with Crippen molar-refractivity contribution in [3.63, 3.8) is 0 Å². The molecule has 15 heavy (non-hydrogen) atoms. The number of benzene rings is 1. The highest BCUT2D eigenvalue weighted by molar-refractivity contribution is 5.81. The van der Waals surface area contributed by atoms with Gasteiger partial charge in [0.15, 0.2) is 5.84 Å². The third-order valence-corrected chi connectivity index (χ3v) is 1.71. The van der Waals surface area contributed by atoms with Crippen LogP contribution in [0.25, 0.3) is 0 Å². The van der Waals surface area contributed by atoms with Gasteiger partial charge in [0.25, 0.3) is 0 Å². The number of nitrogens with two attached hydrogens (primary N) is 1. The first-order valence-corrected chi connectivity index (χ1v) is 4.36. The average Bonchev–Trinajstić information content (AvgIpc) is 2.27. The molecule has 0 saturated heterocycles. The number of anilines is 1. The highest BCUT2D eigenvalue weighted by atomic mass is 16.5. The zero-order chi connectivity index (χ0) is 11.1. The number of hydrogen-bond donors (Lipinski definition) is 3. The van der Waals surface area contributed by atoms with E-state index in [2.05, 4.69) is 15.6 Å². The van der Waals surface area contributed by atoms with E-state index in [1.54, 1.807) is 7.05 Å². The van der Waals surface area contributed by atoms with Gasteiger partial charge in [-0.05, 0) is 12.1 Å². The Morgan fingerprint density at radius 1 is 1.53 bits per heavy atom. The van der Waals surface area contributed by atoms with Crippen molar-refractivity contribution < 1.29 is 4.74 Å². The molecule has 0 spiro atoms. The van der Waals surface area contributed by atoms with Gasteiger partial charge in [0.1, 0.15) is 12.4 Å². The van der Waals surface area contributed by atoms with Gasteiger partial charge in [0.2, 0.25) is 0 Å². The van der Waals surface area contributed by atoms with Gasteiger partial charge in [-0.2, -0.15) is 5.53 Å². The smallest absolute Gasteiger partial charge is 0.162 e. The molecule has 0 bridgehead atoms. The van der Waals surface area contributed by atoms with Crippen LogP contribution in [0, 0.1) is 5.53 Å². The molecule has 0 heterocycles. The number of nitrogens with zero attached hydrogens (tertiary/aromatic N) is 2. The SMILES string of the molecule is CNc1ccccc1OCC(N)=NN=N. The molecular formula is C9H13N5O. The molecule has 0 aromatic heterocycles. The zero-order valence-electron chi connectivity index (χ0n) is 8.40. The Bertz CT molecular complexity index is 363. The van der Waals surface area contributed by atoms with E-state index in [9.17, 15) is 0 Å². The number of rotatable bonds is 5. The highest BCUT2D eigenvalue weighted by Crippen LogP contribution is 2.22. The summed E-state index contributed by atoms with van der Waals surface area (Å²) in [6.07, 6.45) is 0. The van der Waals surface area contributed by atoms with Crippen molar-refractivity contribution in [1.29, 1.82) is 5.53 Å². The Balaban J connectivity index is 2.64. The molecule has 0 unspecified atom stereocenters. The van der Waals surface area contributed by atoms with E-state index in [1.165, 1.54) is 0 Å². The molecule has 4 N–H and O–H groups in total. The third kappa shape index (κ3) is 3.26. The van der Waals surface area contributed by atoms with Gasteiger partial charge >= 0.3 is 0 Å². The quantitative estimate of drug-likeness (QED) is 0.295. The summed E-state index contributed by atoms with van der Waals surface area (Å²) in [5.74, 6) is 0.846. The minimum Gasteiger partial charge on any atom is -0.483 e. The lowest BCUT2D eigenvalue weighted by Crippen LogP contribution is -2.20. The molecule has 1 rings (SSSR count). The van der Waals surface area contributed by atoms with E-state index in [0.717, 1.165) is 5.69 Å². The van der Waals surface area contributed by atoms with Crippen molar-refractivity contribution >= 4 is 11.5 Å². The van der Waals surface area contributed by atoms with Gasteiger partial charge in [0.05, 0.1) is 5.69 Å². The number of amidine groups is 1. The Morgan fingerprint density at radius 3 is 2.93 bits per heavy atom. The number of ether oxygens (including phenoxy) is 1. The molecule has 0 atom stereocenters. The second-order valence-corrected chi connectivity index (χ2v) is 2.73. The molecule has 0 radical (unpaired) electrons. The Hall–Kier alpha value is -2.11. The fraction of sp³-hybridized carbons (Fsp3) is 0.222. The second kappa shape index (κ2) is 5.58. The summed E-state index contributed by atoms with van der Waals surface area (Å²) in [4.78, 5) is 0. The van der Waals surface area contributed by atoms with E-state index in [0.29, 0.717) is 5.75 Å². The normalized spacial score (nSPS) is 10.9. The number of nitrogens with one attached hydrogen (secondary N) is 2. The maximum absolute atomic E-state index is 6.48. The summed E-state index contributed by atoms with van der Waals surface area (Å²) in [5.41, 5.74) is 12.8. The van der Waals surface area contributed by atoms with E-state index < -0.39 is 0 Å². The zero-order valence-corrected chi connectivity index (χ0v) is 8.40. The summed E-state index contributed by atoms with van der Waals surface area (Å²) >= 11 is 0. The molecule has 0 aliphatic carbocycles. The van der Waals surface area contributed by atoms with Gasteiger partial charge in [-0.15, -0.1) is 5.10 Å². The largest absolute Gasteiger partial charge is 0.483 e. The second-order valence-electron chi connectivity index (χ2n) is 2.73. The summed E-state index contributed by atoms with van der Waals surface area (Å²) < 4.78 is 5.38. The lowest BCUT2D eigenvalue weighted by molar-refractivity contribution is 0.376. The van der Waals surface area contributed by atoms with E-state index in [4.69, 9.17) is 16.0 Å². The van der Waals surface area contributed by atoms with Crippen LogP contribution in [0.3, 0.4) is 0 Å². The highest BCUT2D eigenvalue weighted by Gasteiger charge is 2.01. The van der Waals surface area contributed by atoms with Crippen LogP contribution in [0.4, 0.5) is 5.69 Å². The molecule has 0 saturated carbocycles. The number of para-hydroxylation sites is 2. The molecule has 0 aliphatic rings. The molecule has 1 aromatic rings. The molecule has 0 fully saturated rings. The lowest BCUT2D eigenvalue weighted by atomic mass is 10.3.